The fourth-order valence-corrected chi connectivity index (χ4v) is 2.12. The van der Waals surface area contributed by atoms with Crippen LogP contribution in [0.3, 0.4) is 0 Å². The molecule has 106 valence electrons. The number of ether oxygens (including phenoxy) is 1. The Balaban J connectivity index is 2.45. The molecule has 1 unspecified atom stereocenters. The van der Waals surface area contributed by atoms with Crippen LogP contribution in [-0.2, 0) is 4.74 Å². The Morgan fingerprint density at radius 2 is 2.25 bits per heavy atom. The fourth-order valence-electron chi connectivity index (χ4n) is 2.12. The van der Waals surface area contributed by atoms with Gasteiger partial charge in [-0.3, -0.25) is 15.1 Å². The van der Waals surface area contributed by atoms with E-state index in [1.165, 1.54) is 6.07 Å². The second-order valence-electron chi connectivity index (χ2n) is 4.49. The van der Waals surface area contributed by atoms with Gasteiger partial charge >= 0.3 is 0 Å². The summed E-state index contributed by atoms with van der Waals surface area (Å²) >= 11 is 0. The molecule has 0 amide bonds. The first kappa shape index (κ1) is 14.2. The summed E-state index contributed by atoms with van der Waals surface area (Å²) in [5.41, 5.74) is 1.46. The molecule has 0 fully saturated rings. The van der Waals surface area contributed by atoms with Crippen molar-refractivity contribution in [2.24, 2.45) is 0 Å². The van der Waals surface area contributed by atoms with Gasteiger partial charge in [-0.1, -0.05) is 6.92 Å². The summed E-state index contributed by atoms with van der Waals surface area (Å²) in [6.45, 7) is 2.62. The van der Waals surface area contributed by atoms with E-state index < -0.39 is 0 Å². The zero-order valence-corrected chi connectivity index (χ0v) is 11.5. The summed E-state index contributed by atoms with van der Waals surface area (Å²) in [5.74, 6) is 0. The van der Waals surface area contributed by atoms with Crippen molar-refractivity contribution in [2.75, 3.05) is 19.0 Å². The number of nitrogens with zero attached hydrogens (tertiary/aromatic N) is 2. The lowest BCUT2D eigenvalue weighted by molar-refractivity contribution is -0.383. The molecule has 0 bridgehead atoms. The standard InChI is InChI=1S/C14H17N3O3/c1-3-10(9-20-2)16-12-6-7-13(17(18)19)11-5-4-8-15-14(11)12/h4-8,10,16H,3,9H2,1-2H3. The van der Waals surface area contributed by atoms with Crippen molar-refractivity contribution in [3.05, 3.63) is 40.6 Å². The van der Waals surface area contributed by atoms with E-state index in [0.29, 0.717) is 17.5 Å². The SMILES string of the molecule is CCC(COC)Nc1ccc([N+](=O)[O-])c2cccnc12. The zero-order valence-electron chi connectivity index (χ0n) is 11.5. The Hall–Kier alpha value is -2.21. The molecule has 6 heteroatoms. The van der Waals surface area contributed by atoms with Gasteiger partial charge in [0.1, 0.15) is 5.52 Å². The van der Waals surface area contributed by atoms with Crippen LogP contribution in [0.5, 0.6) is 0 Å². The molecule has 1 N–H and O–H groups in total. The Morgan fingerprint density at radius 3 is 2.90 bits per heavy atom. The molecule has 2 aromatic rings. The lowest BCUT2D eigenvalue weighted by atomic mass is 10.1. The molecule has 1 aromatic heterocycles. The highest BCUT2D eigenvalue weighted by Gasteiger charge is 2.16. The van der Waals surface area contributed by atoms with Crippen LogP contribution in [0.4, 0.5) is 11.4 Å². The first-order chi connectivity index (χ1) is 9.67. The van der Waals surface area contributed by atoms with Gasteiger partial charge in [0.2, 0.25) is 0 Å². The number of fused-ring (bicyclic) bond motifs is 1. The largest absolute Gasteiger partial charge is 0.383 e. The summed E-state index contributed by atoms with van der Waals surface area (Å²) in [5, 5.41) is 14.9. The molecular weight excluding hydrogens is 258 g/mol. The molecule has 0 spiro atoms. The average Bonchev–Trinajstić information content (AvgIpc) is 2.46. The van der Waals surface area contributed by atoms with Crippen LogP contribution in [0.15, 0.2) is 30.5 Å². The number of hydrogen-bond donors (Lipinski definition) is 1. The number of nitro benzene ring substituents is 1. The number of nitro groups is 1. The Bertz CT molecular complexity index is 616. The third kappa shape index (κ3) is 2.85. The van der Waals surface area contributed by atoms with E-state index in [1.807, 2.05) is 0 Å². The van der Waals surface area contributed by atoms with Crippen molar-refractivity contribution in [3.8, 4) is 0 Å². The maximum atomic E-state index is 11.0. The van der Waals surface area contributed by atoms with Gasteiger partial charge in [-0.2, -0.15) is 0 Å². The van der Waals surface area contributed by atoms with E-state index in [-0.39, 0.29) is 16.7 Å². The number of pyridine rings is 1. The van der Waals surface area contributed by atoms with E-state index >= 15 is 0 Å². The molecule has 1 atom stereocenters. The number of benzene rings is 1. The van der Waals surface area contributed by atoms with Crippen molar-refractivity contribution in [1.82, 2.24) is 4.98 Å². The molecule has 0 aliphatic heterocycles. The van der Waals surface area contributed by atoms with E-state index in [9.17, 15) is 10.1 Å². The smallest absolute Gasteiger partial charge is 0.278 e. The van der Waals surface area contributed by atoms with Gasteiger partial charge in [-0.05, 0) is 24.6 Å². The van der Waals surface area contributed by atoms with E-state index in [1.54, 1.807) is 31.5 Å². The first-order valence-corrected chi connectivity index (χ1v) is 6.45. The fraction of sp³-hybridized carbons (Fsp3) is 0.357. The maximum absolute atomic E-state index is 11.0. The number of anilines is 1. The highest BCUT2D eigenvalue weighted by atomic mass is 16.6. The molecule has 20 heavy (non-hydrogen) atoms. The van der Waals surface area contributed by atoms with Crippen LogP contribution in [-0.4, -0.2) is 29.7 Å². The number of hydrogen-bond acceptors (Lipinski definition) is 5. The quantitative estimate of drug-likeness (QED) is 0.647. The van der Waals surface area contributed by atoms with Crippen molar-refractivity contribution in [1.29, 1.82) is 0 Å². The van der Waals surface area contributed by atoms with Gasteiger partial charge in [0.15, 0.2) is 0 Å². The third-order valence-electron chi connectivity index (χ3n) is 3.16. The molecule has 0 saturated carbocycles. The Kier molecular flexibility index (Phi) is 4.47. The minimum atomic E-state index is -0.389. The van der Waals surface area contributed by atoms with Gasteiger partial charge in [-0.15, -0.1) is 0 Å². The predicted molar refractivity (Wildman–Crippen MR) is 78.0 cm³/mol. The van der Waals surface area contributed by atoms with Crippen LogP contribution >= 0.6 is 0 Å². The van der Waals surface area contributed by atoms with Gasteiger partial charge in [0, 0.05) is 25.4 Å². The highest BCUT2D eigenvalue weighted by molar-refractivity contribution is 5.96. The van der Waals surface area contributed by atoms with Crippen LogP contribution in [0.1, 0.15) is 13.3 Å². The summed E-state index contributed by atoms with van der Waals surface area (Å²) in [4.78, 5) is 14.9. The van der Waals surface area contributed by atoms with E-state index in [0.717, 1.165) is 12.1 Å². The van der Waals surface area contributed by atoms with Gasteiger partial charge in [-0.25, -0.2) is 0 Å². The monoisotopic (exact) mass is 275 g/mol. The Labute approximate surface area is 116 Å². The minimum Gasteiger partial charge on any atom is -0.383 e. The second kappa shape index (κ2) is 6.29. The number of nitrogens with one attached hydrogen (secondary N) is 1. The van der Waals surface area contributed by atoms with Crippen molar-refractivity contribution < 1.29 is 9.66 Å². The van der Waals surface area contributed by atoms with Crippen molar-refractivity contribution >= 4 is 22.3 Å². The summed E-state index contributed by atoms with van der Waals surface area (Å²) in [6.07, 6.45) is 2.52. The maximum Gasteiger partial charge on any atom is 0.278 e. The Morgan fingerprint density at radius 1 is 1.45 bits per heavy atom. The summed E-state index contributed by atoms with van der Waals surface area (Å²) < 4.78 is 5.15. The van der Waals surface area contributed by atoms with E-state index in [4.69, 9.17) is 4.74 Å². The van der Waals surface area contributed by atoms with Crippen molar-refractivity contribution in [2.45, 2.75) is 19.4 Å². The topological polar surface area (TPSA) is 77.3 Å². The molecular formula is C14H17N3O3. The minimum absolute atomic E-state index is 0.0680. The number of aromatic nitrogens is 1. The molecule has 1 heterocycles. The first-order valence-electron chi connectivity index (χ1n) is 6.45. The summed E-state index contributed by atoms with van der Waals surface area (Å²) in [6, 6.07) is 6.76. The van der Waals surface area contributed by atoms with Crippen LogP contribution in [0.25, 0.3) is 10.9 Å². The molecule has 0 aliphatic rings. The third-order valence-corrected chi connectivity index (χ3v) is 3.16. The van der Waals surface area contributed by atoms with Crippen LogP contribution < -0.4 is 5.32 Å². The van der Waals surface area contributed by atoms with E-state index in [2.05, 4.69) is 17.2 Å². The average molecular weight is 275 g/mol. The molecule has 0 saturated heterocycles. The lowest BCUT2D eigenvalue weighted by Crippen LogP contribution is -2.24. The van der Waals surface area contributed by atoms with Crippen LogP contribution in [0, 0.1) is 10.1 Å². The molecule has 0 aliphatic carbocycles. The number of rotatable bonds is 6. The molecule has 0 radical (unpaired) electrons. The normalized spacial score (nSPS) is 12.3. The zero-order chi connectivity index (χ0) is 14.5. The van der Waals surface area contributed by atoms with Gasteiger partial charge in [0.25, 0.3) is 5.69 Å². The number of non-ortho nitro benzene ring substituents is 1. The van der Waals surface area contributed by atoms with Gasteiger partial charge in [0.05, 0.1) is 22.6 Å². The summed E-state index contributed by atoms with van der Waals surface area (Å²) in [7, 11) is 1.65. The number of methoxy groups -OCH3 is 1. The predicted octanol–water partition coefficient (Wildman–Crippen LogP) is 2.98. The highest BCUT2D eigenvalue weighted by Crippen LogP contribution is 2.30. The molecule has 2 rings (SSSR count). The lowest BCUT2D eigenvalue weighted by Gasteiger charge is -2.18. The van der Waals surface area contributed by atoms with Gasteiger partial charge < -0.3 is 10.1 Å². The second-order valence-corrected chi connectivity index (χ2v) is 4.49. The van der Waals surface area contributed by atoms with Crippen molar-refractivity contribution in [3.63, 3.8) is 0 Å². The van der Waals surface area contributed by atoms with Crippen LogP contribution in [0.2, 0.25) is 0 Å². The molecule has 1 aromatic carbocycles. The molecule has 6 nitrogen and oxygen atoms in total.